The van der Waals surface area contributed by atoms with Crippen molar-refractivity contribution in [3.8, 4) is 28.7 Å². The highest BCUT2D eigenvalue weighted by Crippen LogP contribution is 2.48. The molecule has 1 heterocycles. The Balaban J connectivity index is 1.79. The summed E-state index contributed by atoms with van der Waals surface area (Å²) in [7, 11) is 10.1. The molecule has 4 rings (SSSR count). The van der Waals surface area contributed by atoms with Crippen LogP contribution in [0.15, 0.2) is 29.8 Å². The Morgan fingerprint density at radius 2 is 1.51 bits per heavy atom. The molecule has 8 heteroatoms. The van der Waals surface area contributed by atoms with E-state index in [0.29, 0.717) is 28.7 Å². The zero-order chi connectivity index (χ0) is 26.7. The Morgan fingerprint density at radius 1 is 0.919 bits per heavy atom. The summed E-state index contributed by atoms with van der Waals surface area (Å²) < 4.78 is 27.8. The van der Waals surface area contributed by atoms with Crippen LogP contribution in [0.5, 0.6) is 28.7 Å². The molecule has 0 spiro atoms. The fourth-order valence-electron chi connectivity index (χ4n) is 5.18. The molecule has 1 saturated heterocycles. The molecule has 0 radical (unpaired) electrons. The standard InChI is InChI=1S/C29H36N2O6/c1-17-20(10-18-11-26(35-5)29(37-7)27(12-18)36-6)22-13-24(33-3)25(34-4)14-23(22)21(17)15-28(32)30-19-8-9-31(2)16-19/h10-14,19H,8-9,15-16H2,1-7H3,(H,30,32). The first kappa shape index (κ1) is 26.4. The van der Waals surface area contributed by atoms with Crippen LogP contribution in [0.2, 0.25) is 0 Å². The Labute approximate surface area is 218 Å². The van der Waals surface area contributed by atoms with Crippen LogP contribution in [0.3, 0.4) is 0 Å². The largest absolute Gasteiger partial charge is 0.493 e. The fraction of sp³-hybridized carbons (Fsp3) is 0.414. The molecule has 2 aromatic rings. The molecule has 37 heavy (non-hydrogen) atoms. The monoisotopic (exact) mass is 508 g/mol. The number of carbonyl (C=O) groups excluding carboxylic acids is 1. The van der Waals surface area contributed by atoms with Crippen LogP contribution >= 0.6 is 0 Å². The van der Waals surface area contributed by atoms with E-state index in [4.69, 9.17) is 23.7 Å². The molecule has 1 amide bonds. The molecule has 0 aromatic heterocycles. The molecule has 1 atom stereocenters. The second-order valence-electron chi connectivity index (χ2n) is 9.37. The molecule has 8 nitrogen and oxygen atoms in total. The van der Waals surface area contributed by atoms with E-state index in [1.807, 2.05) is 24.3 Å². The Bertz CT molecular complexity index is 1220. The lowest BCUT2D eigenvalue weighted by atomic mass is 9.99. The number of benzene rings is 2. The zero-order valence-corrected chi connectivity index (χ0v) is 22.7. The Morgan fingerprint density at radius 3 is 2.03 bits per heavy atom. The van der Waals surface area contributed by atoms with E-state index in [2.05, 4.69) is 30.3 Å². The third-order valence-electron chi connectivity index (χ3n) is 7.09. The summed E-state index contributed by atoms with van der Waals surface area (Å²) in [5.74, 6) is 2.95. The highest BCUT2D eigenvalue weighted by atomic mass is 16.5. The molecule has 0 saturated carbocycles. The van der Waals surface area contributed by atoms with Crippen molar-refractivity contribution in [1.82, 2.24) is 10.2 Å². The number of likely N-dealkylation sites (N-methyl/N-ethyl adjacent to an activating group) is 1. The van der Waals surface area contributed by atoms with Gasteiger partial charge in [-0.1, -0.05) is 0 Å². The smallest absolute Gasteiger partial charge is 0.224 e. The van der Waals surface area contributed by atoms with Crippen LogP contribution in [0.1, 0.15) is 36.5 Å². The molecule has 2 aliphatic rings. The summed E-state index contributed by atoms with van der Waals surface area (Å²) in [6.45, 7) is 3.92. The number of ether oxygens (including phenoxy) is 5. The Kier molecular flexibility index (Phi) is 7.97. The van der Waals surface area contributed by atoms with E-state index in [9.17, 15) is 4.79 Å². The number of nitrogens with zero attached hydrogens (tertiary/aromatic N) is 1. The number of likely N-dealkylation sites (tertiary alicyclic amines) is 1. The van der Waals surface area contributed by atoms with Crippen molar-refractivity contribution in [2.75, 3.05) is 55.7 Å². The number of amides is 1. The van der Waals surface area contributed by atoms with E-state index in [-0.39, 0.29) is 18.4 Å². The SMILES string of the molecule is COc1cc2c(cc1OC)C(CC(=O)NC1CCN(C)C1)=C(C)C2=Cc1cc(OC)c(OC)c(OC)c1. The number of fused-ring (bicyclic) bond motifs is 1. The summed E-state index contributed by atoms with van der Waals surface area (Å²) in [6, 6.07) is 7.92. The number of hydrogen-bond donors (Lipinski definition) is 1. The maximum absolute atomic E-state index is 13.1. The molecule has 1 aliphatic heterocycles. The number of methoxy groups -OCH3 is 5. The lowest BCUT2D eigenvalue weighted by Crippen LogP contribution is -2.36. The van der Waals surface area contributed by atoms with Crippen molar-refractivity contribution in [2.24, 2.45) is 0 Å². The van der Waals surface area contributed by atoms with Crippen LogP contribution in [0, 0.1) is 0 Å². The van der Waals surface area contributed by atoms with Crippen molar-refractivity contribution in [3.05, 3.63) is 46.5 Å². The van der Waals surface area contributed by atoms with Crippen LogP contribution in [0.4, 0.5) is 0 Å². The van der Waals surface area contributed by atoms with Gasteiger partial charge in [0.25, 0.3) is 0 Å². The van der Waals surface area contributed by atoms with Gasteiger partial charge >= 0.3 is 0 Å². The quantitative estimate of drug-likeness (QED) is 0.542. The summed E-state index contributed by atoms with van der Waals surface area (Å²) >= 11 is 0. The van der Waals surface area contributed by atoms with Crippen molar-refractivity contribution < 1.29 is 28.5 Å². The second kappa shape index (κ2) is 11.2. The van der Waals surface area contributed by atoms with Crippen LogP contribution in [-0.4, -0.2) is 72.5 Å². The third kappa shape index (κ3) is 5.25. The highest BCUT2D eigenvalue weighted by Gasteiger charge is 2.29. The van der Waals surface area contributed by atoms with Crippen molar-refractivity contribution in [2.45, 2.75) is 25.8 Å². The van der Waals surface area contributed by atoms with Crippen molar-refractivity contribution in [1.29, 1.82) is 0 Å². The summed E-state index contributed by atoms with van der Waals surface area (Å²) in [6.07, 6.45) is 3.32. The molecule has 1 fully saturated rings. The van der Waals surface area contributed by atoms with Gasteiger partial charge in [-0.05, 0) is 90.7 Å². The van der Waals surface area contributed by atoms with Gasteiger partial charge in [-0.2, -0.15) is 0 Å². The summed E-state index contributed by atoms with van der Waals surface area (Å²) in [4.78, 5) is 15.3. The van der Waals surface area contributed by atoms with Gasteiger partial charge in [-0.25, -0.2) is 0 Å². The van der Waals surface area contributed by atoms with E-state index in [1.54, 1.807) is 35.5 Å². The predicted octanol–water partition coefficient (Wildman–Crippen LogP) is 4.27. The first-order valence-electron chi connectivity index (χ1n) is 12.3. The highest BCUT2D eigenvalue weighted by molar-refractivity contribution is 6.08. The van der Waals surface area contributed by atoms with Crippen LogP contribution < -0.4 is 29.0 Å². The number of carbonyl (C=O) groups is 1. The van der Waals surface area contributed by atoms with Gasteiger partial charge < -0.3 is 33.9 Å². The molecule has 2 aromatic carbocycles. The minimum Gasteiger partial charge on any atom is -0.493 e. The maximum atomic E-state index is 13.1. The number of nitrogens with one attached hydrogen (secondary N) is 1. The zero-order valence-electron chi connectivity index (χ0n) is 22.7. The first-order chi connectivity index (χ1) is 17.8. The van der Waals surface area contributed by atoms with Gasteiger partial charge in [-0.3, -0.25) is 4.79 Å². The van der Waals surface area contributed by atoms with Gasteiger partial charge in [0.2, 0.25) is 11.7 Å². The minimum atomic E-state index is 0.0180. The minimum absolute atomic E-state index is 0.0180. The number of hydrogen-bond acceptors (Lipinski definition) is 7. The van der Waals surface area contributed by atoms with Crippen LogP contribution in [0.25, 0.3) is 17.2 Å². The van der Waals surface area contributed by atoms with Crippen molar-refractivity contribution >= 4 is 23.1 Å². The van der Waals surface area contributed by atoms with E-state index in [1.165, 1.54) is 0 Å². The average molecular weight is 509 g/mol. The lowest BCUT2D eigenvalue weighted by molar-refractivity contribution is -0.120. The molecule has 0 bridgehead atoms. The first-order valence-corrected chi connectivity index (χ1v) is 12.3. The van der Waals surface area contributed by atoms with E-state index >= 15 is 0 Å². The Hall–Kier alpha value is -3.65. The molecule has 1 unspecified atom stereocenters. The fourth-order valence-corrected chi connectivity index (χ4v) is 5.18. The molecule has 1 aliphatic carbocycles. The van der Waals surface area contributed by atoms with Gasteiger partial charge in [0.1, 0.15) is 0 Å². The third-order valence-corrected chi connectivity index (χ3v) is 7.09. The predicted molar refractivity (Wildman–Crippen MR) is 145 cm³/mol. The van der Waals surface area contributed by atoms with Gasteiger partial charge in [0, 0.05) is 12.6 Å². The second-order valence-corrected chi connectivity index (χ2v) is 9.37. The number of rotatable bonds is 9. The lowest BCUT2D eigenvalue weighted by Gasteiger charge is -2.15. The van der Waals surface area contributed by atoms with Gasteiger partial charge in [0.05, 0.1) is 42.0 Å². The molecule has 1 N–H and O–H groups in total. The molecule has 198 valence electrons. The average Bonchev–Trinajstić information content (AvgIpc) is 3.42. The molecular formula is C29H36N2O6. The van der Waals surface area contributed by atoms with Crippen LogP contribution in [-0.2, 0) is 4.79 Å². The maximum Gasteiger partial charge on any atom is 0.224 e. The topological polar surface area (TPSA) is 78.5 Å². The molecular weight excluding hydrogens is 472 g/mol. The van der Waals surface area contributed by atoms with Gasteiger partial charge in [-0.15, -0.1) is 0 Å². The van der Waals surface area contributed by atoms with E-state index in [0.717, 1.165) is 52.9 Å². The summed E-state index contributed by atoms with van der Waals surface area (Å²) in [5.41, 5.74) is 5.81. The van der Waals surface area contributed by atoms with Crippen molar-refractivity contribution in [3.63, 3.8) is 0 Å². The normalized spacial score (nSPS) is 18.1. The summed E-state index contributed by atoms with van der Waals surface area (Å²) in [5, 5.41) is 3.21. The van der Waals surface area contributed by atoms with E-state index < -0.39 is 0 Å². The number of allylic oxidation sites excluding steroid dienone is 2. The van der Waals surface area contributed by atoms with Gasteiger partial charge in [0.15, 0.2) is 23.0 Å².